The molecular formula is C18H13F3O4S. The van der Waals surface area contributed by atoms with E-state index in [0.717, 1.165) is 11.1 Å². The molecule has 0 spiro atoms. The molecule has 0 aliphatic heterocycles. The van der Waals surface area contributed by atoms with E-state index in [1.165, 1.54) is 18.2 Å². The van der Waals surface area contributed by atoms with Crippen molar-refractivity contribution in [3.63, 3.8) is 0 Å². The van der Waals surface area contributed by atoms with E-state index in [0.29, 0.717) is 11.1 Å². The summed E-state index contributed by atoms with van der Waals surface area (Å²) in [6.45, 7) is 0. The SMILES string of the molecule is COc1cccc(-c2ccc3c(OS(=O)(=O)C(F)(F)F)cccc3c2)c1. The van der Waals surface area contributed by atoms with E-state index < -0.39 is 15.6 Å². The summed E-state index contributed by atoms with van der Waals surface area (Å²) >= 11 is 0. The Morgan fingerprint density at radius 1 is 0.885 bits per heavy atom. The molecule has 0 radical (unpaired) electrons. The highest BCUT2D eigenvalue weighted by atomic mass is 32.2. The number of fused-ring (bicyclic) bond motifs is 1. The number of hydrogen-bond acceptors (Lipinski definition) is 4. The van der Waals surface area contributed by atoms with Crippen molar-refractivity contribution in [3.05, 3.63) is 60.7 Å². The van der Waals surface area contributed by atoms with E-state index in [-0.39, 0.29) is 11.1 Å². The Morgan fingerprint density at radius 2 is 1.58 bits per heavy atom. The molecule has 8 heteroatoms. The third kappa shape index (κ3) is 3.45. The summed E-state index contributed by atoms with van der Waals surface area (Å²) in [5.41, 5.74) is -3.84. The highest BCUT2D eigenvalue weighted by Gasteiger charge is 2.48. The molecular weight excluding hydrogens is 369 g/mol. The summed E-state index contributed by atoms with van der Waals surface area (Å²) in [5, 5.41) is 0.798. The van der Waals surface area contributed by atoms with Crippen LogP contribution in [0.5, 0.6) is 11.5 Å². The highest BCUT2D eigenvalue weighted by Crippen LogP contribution is 2.34. The van der Waals surface area contributed by atoms with Crippen molar-refractivity contribution >= 4 is 20.9 Å². The van der Waals surface area contributed by atoms with Crippen LogP contribution >= 0.6 is 0 Å². The van der Waals surface area contributed by atoms with Gasteiger partial charge >= 0.3 is 15.6 Å². The summed E-state index contributed by atoms with van der Waals surface area (Å²) in [6.07, 6.45) is 0. The molecule has 0 aliphatic rings. The lowest BCUT2D eigenvalue weighted by atomic mass is 10.0. The number of ether oxygens (including phenoxy) is 1. The first-order valence-electron chi connectivity index (χ1n) is 7.39. The van der Waals surface area contributed by atoms with Crippen LogP contribution in [0.25, 0.3) is 21.9 Å². The van der Waals surface area contributed by atoms with Crippen molar-refractivity contribution in [1.29, 1.82) is 0 Å². The molecule has 26 heavy (non-hydrogen) atoms. The van der Waals surface area contributed by atoms with Gasteiger partial charge in [-0.15, -0.1) is 0 Å². The van der Waals surface area contributed by atoms with Gasteiger partial charge in [-0.1, -0.05) is 30.3 Å². The molecule has 0 N–H and O–H groups in total. The number of alkyl halides is 3. The minimum atomic E-state index is -5.73. The lowest BCUT2D eigenvalue weighted by Crippen LogP contribution is -2.28. The van der Waals surface area contributed by atoms with Gasteiger partial charge in [0.2, 0.25) is 0 Å². The molecule has 136 valence electrons. The Labute approximate surface area is 147 Å². The van der Waals surface area contributed by atoms with Gasteiger partial charge in [-0.2, -0.15) is 21.6 Å². The molecule has 0 saturated carbocycles. The van der Waals surface area contributed by atoms with Gasteiger partial charge in [-0.25, -0.2) is 0 Å². The van der Waals surface area contributed by atoms with Gasteiger partial charge in [-0.3, -0.25) is 0 Å². The largest absolute Gasteiger partial charge is 0.534 e. The number of halogens is 3. The van der Waals surface area contributed by atoms with Gasteiger partial charge in [0.25, 0.3) is 0 Å². The second-order valence-corrected chi connectivity index (χ2v) is 6.95. The molecule has 0 aliphatic carbocycles. The number of rotatable bonds is 4. The quantitative estimate of drug-likeness (QED) is 0.483. The molecule has 0 bridgehead atoms. The fourth-order valence-corrected chi connectivity index (χ4v) is 2.95. The average molecular weight is 382 g/mol. The van der Waals surface area contributed by atoms with Crippen molar-refractivity contribution in [3.8, 4) is 22.6 Å². The van der Waals surface area contributed by atoms with Crippen LogP contribution in [0.2, 0.25) is 0 Å². The number of methoxy groups -OCH3 is 1. The van der Waals surface area contributed by atoms with E-state index in [2.05, 4.69) is 4.18 Å². The van der Waals surface area contributed by atoms with Gasteiger partial charge in [0, 0.05) is 5.39 Å². The number of hydrogen-bond donors (Lipinski definition) is 0. The second-order valence-electron chi connectivity index (χ2n) is 5.41. The summed E-state index contributed by atoms with van der Waals surface area (Å²) in [4.78, 5) is 0. The maximum atomic E-state index is 12.6. The van der Waals surface area contributed by atoms with Gasteiger partial charge in [0.15, 0.2) is 5.75 Å². The van der Waals surface area contributed by atoms with Gasteiger partial charge < -0.3 is 8.92 Å². The van der Waals surface area contributed by atoms with Crippen LogP contribution in [0.4, 0.5) is 13.2 Å². The average Bonchev–Trinajstić information content (AvgIpc) is 2.60. The van der Waals surface area contributed by atoms with Crippen molar-refractivity contribution in [2.45, 2.75) is 5.51 Å². The third-order valence-corrected chi connectivity index (χ3v) is 4.69. The fraction of sp³-hybridized carbons (Fsp3) is 0.111. The Morgan fingerprint density at radius 3 is 2.27 bits per heavy atom. The maximum Gasteiger partial charge on any atom is 0.534 e. The summed E-state index contributed by atoms with van der Waals surface area (Å²) in [5.74, 6) is 0.285. The lowest BCUT2D eigenvalue weighted by molar-refractivity contribution is -0.0499. The predicted octanol–water partition coefficient (Wildman–Crippen LogP) is 4.74. The Balaban J connectivity index is 2.05. The zero-order valence-electron chi connectivity index (χ0n) is 13.4. The Hall–Kier alpha value is -2.74. The molecule has 3 aromatic rings. The van der Waals surface area contributed by atoms with Crippen LogP contribution in [0.1, 0.15) is 0 Å². The zero-order valence-corrected chi connectivity index (χ0v) is 14.3. The molecule has 0 aromatic heterocycles. The Kier molecular flexibility index (Phi) is 4.53. The van der Waals surface area contributed by atoms with Crippen molar-refractivity contribution < 1.29 is 30.5 Å². The molecule has 0 heterocycles. The molecule has 0 atom stereocenters. The van der Waals surface area contributed by atoms with Crippen molar-refractivity contribution in [2.75, 3.05) is 7.11 Å². The van der Waals surface area contributed by atoms with E-state index in [1.807, 2.05) is 18.2 Å². The number of benzene rings is 3. The molecule has 3 aromatic carbocycles. The molecule has 3 rings (SSSR count). The lowest BCUT2D eigenvalue weighted by Gasteiger charge is -2.12. The first-order chi connectivity index (χ1) is 12.2. The smallest absolute Gasteiger partial charge is 0.497 e. The van der Waals surface area contributed by atoms with E-state index in [4.69, 9.17) is 4.74 Å². The Bertz CT molecular complexity index is 1060. The highest BCUT2D eigenvalue weighted by molar-refractivity contribution is 7.88. The van der Waals surface area contributed by atoms with Crippen molar-refractivity contribution in [2.24, 2.45) is 0 Å². The minimum Gasteiger partial charge on any atom is -0.497 e. The fourth-order valence-electron chi connectivity index (χ4n) is 2.47. The third-order valence-electron chi connectivity index (χ3n) is 3.73. The predicted molar refractivity (Wildman–Crippen MR) is 91.5 cm³/mol. The van der Waals surface area contributed by atoms with E-state index in [9.17, 15) is 21.6 Å². The van der Waals surface area contributed by atoms with Crippen LogP contribution in [0.15, 0.2) is 60.7 Å². The molecule has 0 saturated heterocycles. The molecule has 0 unspecified atom stereocenters. The van der Waals surface area contributed by atoms with Crippen LogP contribution < -0.4 is 8.92 Å². The summed E-state index contributed by atoms with van der Waals surface area (Å²) in [7, 11) is -4.18. The zero-order chi connectivity index (χ0) is 18.9. The van der Waals surface area contributed by atoms with Crippen LogP contribution in [-0.2, 0) is 10.1 Å². The summed E-state index contributed by atoms with van der Waals surface area (Å²) in [6, 6.07) is 16.5. The molecule has 0 fully saturated rings. The first kappa shape index (κ1) is 18.1. The maximum absolute atomic E-state index is 12.6. The van der Waals surface area contributed by atoms with Gasteiger partial charge in [0.05, 0.1) is 7.11 Å². The normalized spacial score (nSPS) is 12.2. The van der Waals surface area contributed by atoms with Crippen molar-refractivity contribution in [1.82, 2.24) is 0 Å². The van der Waals surface area contributed by atoms with Gasteiger partial charge in [-0.05, 0) is 46.8 Å². The monoisotopic (exact) mass is 382 g/mol. The standard InChI is InChI=1S/C18H13F3O4S/c1-24-15-6-2-4-12(11-15)13-8-9-16-14(10-13)5-3-7-17(16)25-26(22,23)18(19,20)21/h2-11H,1H3. The van der Waals surface area contributed by atoms with Gasteiger partial charge in [0.1, 0.15) is 5.75 Å². The van der Waals surface area contributed by atoms with Crippen LogP contribution in [0.3, 0.4) is 0 Å². The topological polar surface area (TPSA) is 52.6 Å². The van der Waals surface area contributed by atoms with Crippen LogP contribution in [0, 0.1) is 0 Å². The first-order valence-corrected chi connectivity index (χ1v) is 8.80. The molecule has 4 nitrogen and oxygen atoms in total. The summed E-state index contributed by atoms with van der Waals surface area (Å²) < 4.78 is 69.6. The van der Waals surface area contributed by atoms with Crippen LogP contribution in [-0.4, -0.2) is 21.0 Å². The second kappa shape index (κ2) is 6.53. The minimum absolute atomic E-state index is 0.256. The van der Waals surface area contributed by atoms with E-state index in [1.54, 1.807) is 31.4 Å². The van der Waals surface area contributed by atoms with E-state index >= 15 is 0 Å². The molecule has 0 amide bonds.